The molecule has 1 aliphatic rings. The third-order valence-corrected chi connectivity index (χ3v) is 4.00. The second-order valence-electron chi connectivity index (χ2n) is 8.90. The van der Waals surface area contributed by atoms with Crippen LogP contribution >= 0.6 is 0 Å². The molecular formula is C22H34NO8. The van der Waals surface area contributed by atoms with Gasteiger partial charge in [-0.2, -0.15) is 4.90 Å². The molecule has 0 bridgehead atoms. The minimum atomic E-state index is -1.31. The van der Waals surface area contributed by atoms with Crippen molar-refractivity contribution in [3.05, 3.63) is 29.6 Å². The molecule has 1 atom stereocenters. The SMILES string of the molecule is COC(=O)[C@H](CC1=CC(OC)=C(OC)C[CH]1)N(C(=O)OC(C)(C)C)C(=O)OC(C)(C)C. The average molecular weight is 441 g/mol. The summed E-state index contributed by atoms with van der Waals surface area (Å²) in [6.45, 7) is 9.94. The molecule has 0 unspecified atom stereocenters. The van der Waals surface area contributed by atoms with Crippen LogP contribution in [0.15, 0.2) is 23.2 Å². The smallest absolute Gasteiger partial charge is 0.420 e. The number of carbonyl (C=O) groups excluding carboxylic acids is 3. The molecule has 31 heavy (non-hydrogen) atoms. The quantitative estimate of drug-likeness (QED) is 0.449. The first-order valence-corrected chi connectivity index (χ1v) is 9.90. The Balaban J connectivity index is 3.36. The number of ether oxygens (including phenoxy) is 5. The van der Waals surface area contributed by atoms with Gasteiger partial charge in [-0.3, -0.25) is 0 Å². The normalized spacial score (nSPS) is 15.5. The molecule has 9 nitrogen and oxygen atoms in total. The fourth-order valence-electron chi connectivity index (χ4n) is 2.72. The number of hydrogen-bond donors (Lipinski definition) is 0. The first-order chi connectivity index (χ1) is 14.2. The van der Waals surface area contributed by atoms with E-state index >= 15 is 0 Å². The minimum Gasteiger partial charge on any atom is -0.497 e. The Labute approximate surface area is 184 Å². The van der Waals surface area contributed by atoms with Crippen molar-refractivity contribution in [3.63, 3.8) is 0 Å². The number of rotatable bonds is 6. The van der Waals surface area contributed by atoms with Crippen LogP contribution in [0, 0.1) is 6.42 Å². The van der Waals surface area contributed by atoms with Gasteiger partial charge in [0, 0.05) is 12.8 Å². The fourth-order valence-corrected chi connectivity index (χ4v) is 2.72. The summed E-state index contributed by atoms with van der Waals surface area (Å²) in [5.41, 5.74) is -1.13. The highest BCUT2D eigenvalue weighted by molar-refractivity contribution is 5.94. The summed E-state index contributed by atoms with van der Waals surface area (Å²) in [4.78, 5) is 39.2. The lowest BCUT2D eigenvalue weighted by Gasteiger charge is -2.32. The standard InChI is InChI=1S/C22H34NO8/c1-21(2,3)30-19(25)23(20(26)31-22(4,5)6)15(18(24)29-9)12-14-10-11-16(27-7)17(13-14)28-8/h10,13,15H,11-12H2,1-9H3/t15-/m0/s1. The fraction of sp³-hybridized carbons (Fsp3) is 0.636. The lowest BCUT2D eigenvalue weighted by atomic mass is 9.95. The van der Waals surface area contributed by atoms with Crippen LogP contribution in [0.5, 0.6) is 0 Å². The van der Waals surface area contributed by atoms with Crippen molar-refractivity contribution < 1.29 is 38.1 Å². The molecule has 0 saturated carbocycles. The first kappa shape index (κ1) is 26.3. The van der Waals surface area contributed by atoms with Crippen molar-refractivity contribution >= 4 is 18.2 Å². The van der Waals surface area contributed by atoms with Gasteiger partial charge < -0.3 is 23.7 Å². The van der Waals surface area contributed by atoms with Gasteiger partial charge >= 0.3 is 18.2 Å². The minimum absolute atomic E-state index is 0.0188. The maximum atomic E-state index is 12.9. The monoisotopic (exact) mass is 440 g/mol. The molecule has 1 rings (SSSR count). The maximum Gasteiger partial charge on any atom is 0.420 e. The Morgan fingerprint density at radius 2 is 1.45 bits per heavy atom. The number of nitrogens with zero attached hydrogens (tertiary/aromatic N) is 1. The number of allylic oxidation sites excluding steroid dienone is 2. The number of carbonyl (C=O) groups is 3. The zero-order valence-electron chi connectivity index (χ0n) is 19.9. The number of imide groups is 1. The molecule has 0 aliphatic heterocycles. The van der Waals surface area contributed by atoms with E-state index in [1.807, 2.05) is 6.42 Å². The molecule has 0 saturated heterocycles. The van der Waals surface area contributed by atoms with E-state index in [9.17, 15) is 14.4 Å². The third-order valence-electron chi connectivity index (χ3n) is 4.00. The van der Waals surface area contributed by atoms with Crippen LogP contribution in [0.2, 0.25) is 0 Å². The molecule has 1 aliphatic carbocycles. The zero-order valence-corrected chi connectivity index (χ0v) is 19.9. The van der Waals surface area contributed by atoms with Gasteiger partial charge in [-0.15, -0.1) is 0 Å². The Morgan fingerprint density at radius 3 is 1.84 bits per heavy atom. The van der Waals surface area contributed by atoms with Gasteiger partial charge in [-0.05, 0) is 54.0 Å². The van der Waals surface area contributed by atoms with Gasteiger partial charge in [0.1, 0.15) is 23.0 Å². The predicted molar refractivity (Wildman–Crippen MR) is 113 cm³/mol. The van der Waals surface area contributed by atoms with Gasteiger partial charge in [-0.1, -0.05) is 5.57 Å². The molecule has 0 heterocycles. The van der Waals surface area contributed by atoms with Crippen LogP contribution in [0.1, 0.15) is 54.4 Å². The van der Waals surface area contributed by atoms with Gasteiger partial charge in [0.25, 0.3) is 0 Å². The lowest BCUT2D eigenvalue weighted by Crippen LogP contribution is -2.52. The van der Waals surface area contributed by atoms with Crippen molar-refractivity contribution in [1.82, 2.24) is 4.90 Å². The van der Waals surface area contributed by atoms with E-state index in [4.69, 9.17) is 23.7 Å². The van der Waals surface area contributed by atoms with Crippen molar-refractivity contribution in [2.24, 2.45) is 0 Å². The molecule has 0 aromatic rings. The molecule has 0 aromatic heterocycles. The molecule has 0 fully saturated rings. The van der Waals surface area contributed by atoms with E-state index in [0.717, 1.165) is 0 Å². The molecule has 1 radical (unpaired) electrons. The third kappa shape index (κ3) is 8.15. The van der Waals surface area contributed by atoms with Crippen molar-refractivity contribution in [1.29, 1.82) is 0 Å². The van der Waals surface area contributed by atoms with E-state index in [1.54, 1.807) is 47.6 Å². The van der Waals surface area contributed by atoms with Crippen molar-refractivity contribution in [3.8, 4) is 0 Å². The molecular weight excluding hydrogens is 406 g/mol. The first-order valence-electron chi connectivity index (χ1n) is 9.90. The van der Waals surface area contributed by atoms with Gasteiger partial charge in [-0.25, -0.2) is 14.4 Å². The summed E-state index contributed by atoms with van der Waals surface area (Å²) in [5, 5.41) is 0. The van der Waals surface area contributed by atoms with Gasteiger partial charge in [0.2, 0.25) is 0 Å². The summed E-state index contributed by atoms with van der Waals surface area (Å²) < 4.78 is 26.2. The van der Waals surface area contributed by atoms with Crippen LogP contribution < -0.4 is 0 Å². The largest absolute Gasteiger partial charge is 0.497 e. The van der Waals surface area contributed by atoms with E-state index < -0.39 is 35.4 Å². The molecule has 0 N–H and O–H groups in total. The maximum absolute atomic E-state index is 12.9. The van der Waals surface area contributed by atoms with E-state index in [-0.39, 0.29) is 6.42 Å². The summed E-state index contributed by atoms with van der Waals surface area (Å²) in [6, 6.07) is -1.31. The molecule has 9 heteroatoms. The van der Waals surface area contributed by atoms with Crippen LogP contribution in [0.25, 0.3) is 0 Å². The Kier molecular flexibility index (Phi) is 8.96. The summed E-state index contributed by atoms with van der Waals surface area (Å²) in [7, 11) is 4.21. The highest BCUT2D eigenvalue weighted by atomic mass is 16.6. The Hall–Kier alpha value is -2.71. The molecule has 0 aromatic carbocycles. The molecule has 0 spiro atoms. The zero-order chi connectivity index (χ0) is 24.0. The Morgan fingerprint density at radius 1 is 0.935 bits per heavy atom. The number of hydrogen-bond acceptors (Lipinski definition) is 8. The van der Waals surface area contributed by atoms with E-state index in [2.05, 4.69) is 0 Å². The highest BCUT2D eigenvalue weighted by Crippen LogP contribution is 2.29. The van der Waals surface area contributed by atoms with Gasteiger partial charge in [0.15, 0.2) is 5.76 Å². The van der Waals surface area contributed by atoms with Gasteiger partial charge in [0.05, 0.1) is 21.3 Å². The van der Waals surface area contributed by atoms with E-state index in [0.29, 0.717) is 28.4 Å². The Bertz CT molecular complexity index is 712. The van der Waals surface area contributed by atoms with Crippen LogP contribution in [-0.4, -0.2) is 61.6 Å². The highest BCUT2D eigenvalue weighted by Gasteiger charge is 2.41. The number of esters is 1. The van der Waals surface area contributed by atoms with Crippen LogP contribution in [0.4, 0.5) is 9.59 Å². The van der Waals surface area contributed by atoms with E-state index in [1.165, 1.54) is 21.3 Å². The predicted octanol–water partition coefficient (Wildman–Crippen LogP) is 4.13. The van der Waals surface area contributed by atoms with Crippen molar-refractivity contribution in [2.45, 2.75) is 71.6 Å². The number of methoxy groups -OCH3 is 3. The van der Waals surface area contributed by atoms with Crippen molar-refractivity contribution in [2.75, 3.05) is 21.3 Å². The molecule has 2 amide bonds. The second-order valence-corrected chi connectivity index (χ2v) is 8.90. The van der Waals surface area contributed by atoms with Crippen LogP contribution in [0.3, 0.4) is 0 Å². The van der Waals surface area contributed by atoms with Crippen LogP contribution in [-0.2, 0) is 28.5 Å². The summed E-state index contributed by atoms with van der Waals surface area (Å²) in [6.07, 6.45) is 1.90. The lowest BCUT2D eigenvalue weighted by molar-refractivity contribution is -0.146. The number of amides is 2. The summed E-state index contributed by atoms with van der Waals surface area (Å²) >= 11 is 0. The topological polar surface area (TPSA) is 101 Å². The second kappa shape index (κ2) is 10.5. The molecule has 175 valence electrons. The average Bonchev–Trinajstić information content (AvgIpc) is 2.63. The summed E-state index contributed by atoms with van der Waals surface area (Å²) in [5.74, 6) is 0.327.